The molecule has 0 amide bonds. The van der Waals surface area contributed by atoms with Crippen LogP contribution < -0.4 is 0 Å². The number of benzene rings is 1. The van der Waals surface area contributed by atoms with Gasteiger partial charge in [-0.1, -0.05) is 36.7 Å². The van der Waals surface area contributed by atoms with Crippen molar-refractivity contribution in [2.45, 2.75) is 92.7 Å². The molecular formula is C30H35ClF2N2O3. The zero-order chi connectivity index (χ0) is 26.9. The number of ether oxygens (including phenoxy) is 1. The van der Waals surface area contributed by atoms with Gasteiger partial charge in [-0.2, -0.15) is 0 Å². The maximum atomic E-state index is 17.2. The fourth-order valence-corrected chi connectivity index (χ4v) is 9.51. The van der Waals surface area contributed by atoms with Gasteiger partial charge in [-0.25, -0.2) is 13.8 Å². The molecular weight excluding hydrogens is 510 g/mol. The van der Waals surface area contributed by atoms with E-state index < -0.39 is 47.2 Å². The van der Waals surface area contributed by atoms with Crippen LogP contribution in [0.2, 0.25) is 5.15 Å². The van der Waals surface area contributed by atoms with Crippen molar-refractivity contribution in [3.8, 4) is 0 Å². The second-order valence-electron chi connectivity index (χ2n) is 13.0. The summed E-state index contributed by atoms with van der Waals surface area (Å²) in [4.78, 5) is 6.00. The smallest absolute Gasteiger partial charge is 0.171 e. The fourth-order valence-electron chi connectivity index (χ4n) is 9.28. The normalized spacial score (nSPS) is 47.6. The maximum absolute atomic E-state index is 17.2. The number of alkyl halides is 2. The highest BCUT2D eigenvalue weighted by Gasteiger charge is 2.82. The van der Waals surface area contributed by atoms with E-state index in [1.54, 1.807) is 6.20 Å². The van der Waals surface area contributed by atoms with Gasteiger partial charge >= 0.3 is 0 Å². The number of likely N-dealkylation sites (N-methyl/N-ethyl adjacent to an activating group) is 1. The van der Waals surface area contributed by atoms with E-state index in [0.29, 0.717) is 30.8 Å². The number of fused-ring (bicyclic) bond motifs is 2. The number of aliphatic hydroxyl groups is 2. The van der Waals surface area contributed by atoms with Crippen molar-refractivity contribution in [1.82, 2.24) is 9.88 Å². The van der Waals surface area contributed by atoms with Gasteiger partial charge in [-0.05, 0) is 86.7 Å². The molecule has 2 bridgehead atoms. The lowest BCUT2D eigenvalue weighted by Crippen LogP contribution is -2.78. The third kappa shape index (κ3) is 2.87. The Morgan fingerprint density at radius 2 is 1.89 bits per heavy atom. The molecule has 2 N–H and O–H groups in total. The number of halogens is 3. The number of allylic oxidation sites excluding steroid dienone is 2. The number of aliphatic hydroxyl groups excluding tert-OH is 2. The van der Waals surface area contributed by atoms with Crippen molar-refractivity contribution in [3.05, 3.63) is 47.3 Å². The van der Waals surface area contributed by atoms with Crippen molar-refractivity contribution >= 4 is 27.9 Å². The van der Waals surface area contributed by atoms with E-state index in [1.165, 1.54) is 5.57 Å². The Labute approximate surface area is 226 Å². The highest BCUT2D eigenvalue weighted by molar-refractivity contribution is 6.34. The highest BCUT2D eigenvalue weighted by atomic mass is 35.5. The monoisotopic (exact) mass is 544 g/mol. The van der Waals surface area contributed by atoms with Gasteiger partial charge in [-0.15, -0.1) is 0 Å². The molecule has 8 heteroatoms. The van der Waals surface area contributed by atoms with Crippen LogP contribution in [0.25, 0.3) is 16.3 Å². The summed E-state index contributed by atoms with van der Waals surface area (Å²) in [5.74, 6) is -0.147. The Bertz CT molecular complexity index is 1370. The van der Waals surface area contributed by atoms with Gasteiger partial charge in [-0.3, -0.25) is 0 Å². The number of nitrogens with zero attached hydrogens (tertiary/aromatic N) is 2. The van der Waals surface area contributed by atoms with E-state index in [2.05, 4.69) is 30.1 Å². The molecule has 2 saturated carbocycles. The molecule has 0 radical (unpaired) electrons. The van der Waals surface area contributed by atoms with Crippen LogP contribution in [0.4, 0.5) is 8.78 Å². The lowest BCUT2D eigenvalue weighted by Gasteiger charge is -2.65. The lowest BCUT2D eigenvalue weighted by molar-refractivity contribution is -0.347. The Morgan fingerprint density at radius 1 is 1.11 bits per heavy atom. The summed E-state index contributed by atoms with van der Waals surface area (Å²) in [6.07, 6.45) is 2.86. The van der Waals surface area contributed by atoms with Gasteiger partial charge in [0.2, 0.25) is 0 Å². The Hall–Kier alpha value is -1.64. The number of rotatable bonds is 2. The predicted molar refractivity (Wildman–Crippen MR) is 142 cm³/mol. The third-order valence-electron chi connectivity index (χ3n) is 11.3. The first kappa shape index (κ1) is 25.3. The average Bonchev–Trinajstić information content (AvgIpc) is 3.42. The Balaban J connectivity index is 1.29. The molecule has 2 aliphatic heterocycles. The molecule has 2 spiro atoms. The summed E-state index contributed by atoms with van der Waals surface area (Å²) in [7, 11) is 3.63. The van der Waals surface area contributed by atoms with E-state index in [4.69, 9.17) is 16.3 Å². The van der Waals surface area contributed by atoms with Crippen LogP contribution in [0.5, 0.6) is 0 Å². The summed E-state index contributed by atoms with van der Waals surface area (Å²) in [6, 6.07) is 7.66. The molecule has 38 heavy (non-hydrogen) atoms. The van der Waals surface area contributed by atoms with Crippen molar-refractivity contribution in [3.63, 3.8) is 0 Å². The van der Waals surface area contributed by atoms with Crippen LogP contribution in [0.3, 0.4) is 0 Å². The molecule has 3 unspecified atom stereocenters. The molecule has 2 saturated heterocycles. The minimum atomic E-state index is -2.33. The van der Waals surface area contributed by atoms with Gasteiger partial charge in [0.1, 0.15) is 28.1 Å². The molecule has 1 aromatic heterocycles. The topological polar surface area (TPSA) is 65.8 Å². The first-order valence-electron chi connectivity index (χ1n) is 13.8. The van der Waals surface area contributed by atoms with Crippen LogP contribution in [0.1, 0.15) is 57.4 Å². The van der Waals surface area contributed by atoms with Crippen molar-refractivity contribution in [2.75, 3.05) is 14.1 Å². The molecule has 7 rings (SSSR count). The van der Waals surface area contributed by atoms with E-state index in [-0.39, 0.29) is 24.2 Å². The second kappa shape index (κ2) is 7.76. The first-order chi connectivity index (χ1) is 17.9. The molecule has 1 aromatic carbocycles. The molecule has 204 valence electrons. The average molecular weight is 545 g/mol. The van der Waals surface area contributed by atoms with Crippen LogP contribution in [0.15, 0.2) is 36.5 Å². The van der Waals surface area contributed by atoms with Crippen molar-refractivity contribution < 1.29 is 23.7 Å². The second-order valence-corrected chi connectivity index (χ2v) is 13.4. The van der Waals surface area contributed by atoms with Crippen LogP contribution in [-0.4, -0.2) is 75.0 Å². The number of aromatic nitrogens is 1. The number of hydrogen-bond donors (Lipinski definition) is 2. The minimum Gasteiger partial charge on any atom is -0.389 e. The summed E-state index contributed by atoms with van der Waals surface area (Å²) in [5.41, 5.74) is -4.76. The number of pyridine rings is 1. The van der Waals surface area contributed by atoms with Crippen LogP contribution in [-0.2, 0) is 4.74 Å². The van der Waals surface area contributed by atoms with Crippen LogP contribution >= 0.6 is 11.6 Å². The van der Waals surface area contributed by atoms with Gasteiger partial charge in [0.25, 0.3) is 0 Å². The van der Waals surface area contributed by atoms with Gasteiger partial charge < -0.3 is 19.8 Å². The Morgan fingerprint density at radius 3 is 2.66 bits per heavy atom. The molecule has 2 aromatic rings. The van der Waals surface area contributed by atoms with E-state index in [1.807, 2.05) is 31.1 Å². The quantitative estimate of drug-likeness (QED) is 0.505. The first-order valence-corrected chi connectivity index (χ1v) is 14.1. The third-order valence-corrected chi connectivity index (χ3v) is 11.6. The van der Waals surface area contributed by atoms with E-state index in [9.17, 15) is 10.2 Å². The molecule has 3 heterocycles. The maximum Gasteiger partial charge on any atom is 0.171 e. The fraction of sp³-hybridized carbons (Fsp3) is 0.633. The largest absolute Gasteiger partial charge is 0.389 e. The standard InChI is InChI=1S/C30H35ClF2N2O3/c1-26-9-10-27(32)16-29(33)24(37)23(36)21(35(2)3)15-28(29)11-12-30(27,38-28)22(26)7-6-20(26)18-4-5-19-17(14-18)8-13-34-25(19)31/h4-6,8,13-14,21-24,36-37H,7,9-12,15-16H2,1-3H3/t21-,22?,23+,24-,26+,27?,28+,29?,30-/m0/s1. The van der Waals surface area contributed by atoms with Crippen molar-refractivity contribution in [2.24, 2.45) is 11.3 Å². The zero-order valence-electron chi connectivity index (χ0n) is 22.1. The van der Waals surface area contributed by atoms with Crippen LogP contribution in [0, 0.1) is 11.3 Å². The molecule has 5 aliphatic rings. The summed E-state index contributed by atoms with van der Waals surface area (Å²) in [5, 5.41) is 24.3. The van der Waals surface area contributed by atoms with Gasteiger partial charge in [0.15, 0.2) is 5.67 Å². The SMILES string of the molecule is CN(C)[C@H]1C[C@@]23CC[C@]4(O2)C2CC=C(c5ccc6c(Cl)nccc6c5)[C@@]2(C)CCC4(F)CC3(F)[C@@H](O)[C@@H]1O. The summed E-state index contributed by atoms with van der Waals surface area (Å²) in [6.45, 7) is 2.21. The molecule has 5 nitrogen and oxygen atoms in total. The van der Waals surface area contributed by atoms with Gasteiger partial charge in [0.05, 0.1) is 6.10 Å². The summed E-state index contributed by atoms with van der Waals surface area (Å²) >= 11 is 6.31. The Kier molecular flexibility index (Phi) is 5.17. The molecule has 3 aliphatic carbocycles. The molecule has 9 atom stereocenters. The number of hydrogen-bond acceptors (Lipinski definition) is 5. The lowest BCUT2D eigenvalue weighted by atomic mass is 9.51. The van der Waals surface area contributed by atoms with Crippen molar-refractivity contribution in [1.29, 1.82) is 0 Å². The van der Waals surface area contributed by atoms with E-state index >= 15 is 8.78 Å². The van der Waals surface area contributed by atoms with Gasteiger partial charge in [0, 0.05) is 30.0 Å². The highest BCUT2D eigenvalue weighted by Crippen LogP contribution is 2.74. The zero-order valence-corrected chi connectivity index (χ0v) is 22.8. The molecule has 4 fully saturated rings. The summed E-state index contributed by atoms with van der Waals surface area (Å²) < 4.78 is 41.0. The minimum absolute atomic E-state index is 0.147. The predicted octanol–water partition coefficient (Wildman–Crippen LogP) is 5.26. The van der Waals surface area contributed by atoms with E-state index in [0.717, 1.165) is 16.3 Å².